The normalized spacial score (nSPS) is 23.5. The van der Waals surface area contributed by atoms with Crippen LogP contribution in [-0.4, -0.2) is 84.4 Å². The molecule has 7 heteroatoms. The molecule has 2 atom stereocenters. The number of piperazine rings is 1. The van der Waals surface area contributed by atoms with Gasteiger partial charge < -0.3 is 9.64 Å². The number of hydrogen-bond acceptors (Lipinski definition) is 5. The number of imide groups is 1. The third-order valence-corrected chi connectivity index (χ3v) is 5.18. The Labute approximate surface area is 153 Å². The quantitative estimate of drug-likeness (QED) is 0.729. The number of carbonyl (C=O) groups excluding carboxylic acids is 3. The Kier molecular flexibility index (Phi) is 5.38. The minimum Gasteiger partial charge on any atom is -0.383 e. The maximum atomic E-state index is 12.7. The summed E-state index contributed by atoms with van der Waals surface area (Å²) in [5, 5.41) is 0. The number of amides is 3. The molecule has 2 unspecified atom stereocenters. The largest absolute Gasteiger partial charge is 0.383 e. The molecule has 0 radical (unpaired) electrons. The van der Waals surface area contributed by atoms with Gasteiger partial charge >= 0.3 is 0 Å². The van der Waals surface area contributed by atoms with Crippen LogP contribution in [0.5, 0.6) is 0 Å². The van der Waals surface area contributed by atoms with Crippen molar-refractivity contribution in [3.05, 3.63) is 35.4 Å². The number of nitrogens with zero attached hydrogens (tertiary/aromatic N) is 3. The third kappa shape index (κ3) is 3.37. The van der Waals surface area contributed by atoms with E-state index in [0.29, 0.717) is 30.8 Å². The van der Waals surface area contributed by atoms with Gasteiger partial charge in [0.2, 0.25) is 5.91 Å². The van der Waals surface area contributed by atoms with Crippen molar-refractivity contribution in [2.45, 2.75) is 25.9 Å². The van der Waals surface area contributed by atoms with E-state index < -0.39 is 11.8 Å². The molecule has 1 aromatic carbocycles. The Morgan fingerprint density at radius 2 is 1.62 bits per heavy atom. The summed E-state index contributed by atoms with van der Waals surface area (Å²) in [6.07, 6.45) is 0. The van der Waals surface area contributed by atoms with Crippen molar-refractivity contribution >= 4 is 17.7 Å². The van der Waals surface area contributed by atoms with Crippen molar-refractivity contribution in [3.8, 4) is 0 Å². The Morgan fingerprint density at radius 3 is 2.12 bits per heavy atom. The van der Waals surface area contributed by atoms with Crippen molar-refractivity contribution < 1.29 is 19.1 Å². The van der Waals surface area contributed by atoms with E-state index >= 15 is 0 Å². The molecule has 26 heavy (non-hydrogen) atoms. The molecule has 0 aromatic heterocycles. The topological polar surface area (TPSA) is 70.2 Å². The van der Waals surface area contributed by atoms with E-state index in [-0.39, 0.29) is 24.5 Å². The molecular formula is C19H25N3O4. The Balaban J connectivity index is 1.65. The van der Waals surface area contributed by atoms with Gasteiger partial charge in [0, 0.05) is 38.8 Å². The number of carbonyl (C=O) groups is 3. The van der Waals surface area contributed by atoms with Crippen LogP contribution in [0.15, 0.2) is 24.3 Å². The fraction of sp³-hybridized carbons (Fsp3) is 0.526. The maximum Gasteiger partial charge on any atom is 0.262 e. The zero-order valence-electron chi connectivity index (χ0n) is 15.5. The molecule has 2 heterocycles. The lowest BCUT2D eigenvalue weighted by molar-refractivity contribution is -0.136. The van der Waals surface area contributed by atoms with Crippen LogP contribution in [-0.2, 0) is 9.53 Å². The zero-order chi connectivity index (χ0) is 18.8. The molecule has 2 aliphatic rings. The van der Waals surface area contributed by atoms with Crippen molar-refractivity contribution in [2.24, 2.45) is 0 Å². The van der Waals surface area contributed by atoms with Crippen LogP contribution < -0.4 is 0 Å². The van der Waals surface area contributed by atoms with Crippen LogP contribution in [0.2, 0.25) is 0 Å². The van der Waals surface area contributed by atoms with Gasteiger partial charge in [-0.2, -0.15) is 0 Å². The highest BCUT2D eigenvalue weighted by Crippen LogP contribution is 2.23. The number of methoxy groups -OCH3 is 1. The van der Waals surface area contributed by atoms with Crippen LogP contribution >= 0.6 is 0 Å². The number of hydrogen-bond donors (Lipinski definition) is 0. The van der Waals surface area contributed by atoms with Crippen LogP contribution in [0.25, 0.3) is 0 Å². The van der Waals surface area contributed by atoms with Gasteiger partial charge in [0.15, 0.2) is 0 Å². The summed E-state index contributed by atoms with van der Waals surface area (Å²) >= 11 is 0. The molecule has 1 saturated heterocycles. The fourth-order valence-corrected chi connectivity index (χ4v) is 3.82. The Hall–Kier alpha value is -2.25. The van der Waals surface area contributed by atoms with Gasteiger partial charge in [-0.15, -0.1) is 0 Å². The lowest BCUT2D eigenvalue weighted by Gasteiger charge is -2.44. The lowest BCUT2D eigenvalue weighted by atomic mass is 10.1. The highest BCUT2D eigenvalue weighted by molar-refractivity contribution is 6.22. The summed E-state index contributed by atoms with van der Waals surface area (Å²) in [6, 6.07) is 7.08. The van der Waals surface area contributed by atoms with E-state index in [1.807, 2.05) is 0 Å². The maximum absolute atomic E-state index is 12.7. The fourth-order valence-electron chi connectivity index (χ4n) is 3.82. The van der Waals surface area contributed by atoms with E-state index in [1.54, 1.807) is 36.3 Å². The predicted molar refractivity (Wildman–Crippen MR) is 95.9 cm³/mol. The second-order valence-corrected chi connectivity index (χ2v) is 6.97. The van der Waals surface area contributed by atoms with E-state index in [9.17, 15) is 14.4 Å². The molecule has 0 saturated carbocycles. The van der Waals surface area contributed by atoms with Gasteiger partial charge in [-0.25, -0.2) is 0 Å². The van der Waals surface area contributed by atoms with Gasteiger partial charge in [-0.3, -0.25) is 24.2 Å². The average molecular weight is 359 g/mol. The second-order valence-electron chi connectivity index (χ2n) is 6.97. The minimum absolute atomic E-state index is 0.190. The minimum atomic E-state index is -0.390. The summed E-state index contributed by atoms with van der Waals surface area (Å²) in [5.41, 5.74) is 0.743. The highest BCUT2D eigenvalue weighted by atomic mass is 16.5. The summed E-state index contributed by atoms with van der Waals surface area (Å²) in [5.74, 6) is -0.970. The summed E-state index contributed by atoms with van der Waals surface area (Å²) < 4.78 is 5.15. The smallest absolute Gasteiger partial charge is 0.262 e. The second kappa shape index (κ2) is 7.55. The predicted octanol–water partition coefficient (Wildman–Crippen LogP) is 0.850. The van der Waals surface area contributed by atoms with Crippen LogP contribution in [0, 0.1) is 0 Å². The highest BCUT2D eigenvalue weighted by Gasteiger charge is 2.38. The molecular weight excluding hydrogens is 334 g/mol. The number of rotatable bonds is 5. The molecule has 2 aliphatic heterocycles. The van der Waals surface area contributed by atoms with Crippen molar-refractivity contribution in [3.63, 3.8) is 0 Å². The number of ether oxygens (including phenoxy) is 1. The summed E-state index contributed by atoms with van der Waals surface area (Å²) in [6.45, 7) is 6.58. The molecule has 7 nitrogen and oxygen atoms in total. The molecule has 0 N–H and O–H groups in total. The first-order valence-corrected chi connectivity index (χ1v) is 8.91. The van der Waals surface area contributed by atoms with Gasteiger partial charge in [-0.05, 0) is 26.0 Å². The van der Waals surface area contributed by atoms with E-state index in [4.69, 9.17) is 4.74 Å². The molecule has 140 valence electrons. The molecule has 1 aromatic rings. The first-order valence-electron chi connectivity index (χ1n) is 8.91. The number of fused-ring (bicyclic) bond motifs is 1. The summed E-state index contributed by atoms with van der Waals surface area (Å²) in [4.78, 5) is 42.7. The monoisotopic (exact) mass is 359 g/mol. The van der Waals surface area contributed by atoms with Gasteiger partial charge in [-0.1, -0.05) is 12.1 Å². The third-order valence-electron chi connectivity index (χ3n) is 5.18. The molecule has 3 amide bonds. The molecule has 0 spiro atoms. The van der Waals surface area contributed by atoms with E-state index in [1.165, 1.54) is 0 Å². The van der Waals surface area contributed by atoms with Crippen LogP contribution in [0.4, 0.5) is 0 Å². The number of benzene rings is 1. The average Bonchev–Trinajstić information content (AvgIpc) is 2.86. The van der Waals surface area contributed by atoms with Gasteiger partial charge in [0.1, 0.15) is 6.54 Å². The first-order chi connectivity index (χ1) is 12.4. The van der Waals surface area contributed by atoms with Crippen LogP contribution in [0.3, 0.4) is 0 Å². The van der Waals surface area contributed by atoms with Crippen LogP contribution in [0.1, 0.15) is 34.6 Å². The molecule has 0 aliphatic carbocycles. The first kappa shape index (κ1) is 18.5. The van der Waals surface area contributed by atoms with Crippen molar-refractivity contribution in [1.82, 2.24) is 14.7 Å². The van der Waals surface area contributed by atoms with Crippen molar-refractivity contribution in [1.29, 1.82) is 0 Å². The molecule has 3 rings (SSSR count). The zero-order valence-corrected chi connectivity index (χ0v) is 15.5. The van der Waals surface area contributed by atoms with Crippen molar-refractivity contribution in [2.75, 3.05) is 39.9 Å². The van der Waals surface area contributed by atoms with Gasteiger partial charge in [0.25, 0.3) is 11.8 Å². The van der Waals surface area contributed by atoms with E-state index in [2.05, 4.69) is 18.7 Å². The lowest BCUT2D eigenvalue weighted by Crippen LogP contribution is -2.59. The molecule has 1 fully saturated rings. The standard InChI is InChI=1S/C19H25N3O4/c1-13-10-20(11-14(2)21(13)8-9-26-3)17(23)12-22-18(24)15-6-4-5-7-16(15)19(22)25/h4-7,13-14H,8-12H2,1-3H3. The molecule has 0 bridgehead atoms. The Morgan fingerprint density at radius 1 is 1.08 bits per heavy atom. The SMILES string of the molecule is COCCN1C(C)CN(C(=O)CN2C(=O)c3ccccc3C2=O)CC1C. The van der Waals surface area contributed by atoms with E-state index in [0.717, 1.165) is 11.4 Å². The van der Waals surface area contributed by atoms with Gasteiger partial charge in [0.05, 0.1) is 17.7 Å². The summed E-state index contributed by atoms with van der Waals surface area (Å²) in [7, 11) is 1.68. The Bertz CT molecular complexity index is 673.